The molecule has 2 aromatic carbocycles. The molecule has 1 fully saturated rings. The molecule has 4 rings (SSSR count). The van der Waals surface area contributed by atoms with Crippen LogP contribution >= 0.6 is 18.5 Å². The van der Waals surface area contributed by atoms with Crippen molar-refractivity contribution in [3.05, 3.63) is 46.8 Å². The number of hydrogen-bond donors (Lipinski definition) is 2. The molecule has 0 radical (unpaired) electrons. The van der Waals surface area contributed by atoms with Crippen LogP contribution in [-0.2, 0) is 11.0 Å². The van der Waals surface area contributed by atoms with Gasteiger partial charge in [-0.05, 0) is 62.0 Å². The lowest BCUT2D eigenvalue weighted by Gasteiger charge is -2.33. The zero-order chi connectivity index (χ0) is 30.9. The Morgan fingerprint density at radius 1 is 1.26 bits per heavy atom. The molecule has 1 aliphatic rings. The average molecular weight is 585 g/mol. The Balaban J connectivity index is 1.62. The molecule has 0 bridgehead atoms. The lowest BCUT2D eigenvalue weighted by Crippen LogP contribution is -2.46. The van der Waals surface area contributed by atoms with Crippen molar-refractivity contribution in [3.8, 4) is 17.6 Å². The Kier molecular flexibility index (Phi) is 7.63. The molecule has 5 nitrogen and oxygen atoms in total. The summed E-state index contributed by atoms with van der Waals surface area (Å²) in [7, 11) is -3.61. The summed E-state index contributed by atoms with van der Waals surface area (Å²) in [5.74, 6) is 5.64. The Labute approximate surface area is 234 Å². The maximum absolute atomic E-state index is 14.7. The molecule has 2 N–H and O–H groups in total. The highest BCUT2D eigenvalue weighted by Gasteiger charge is 2.32. The molecule has 1 aromatic heterocycles. The Morgan fingerprint density at radius 3 is 2.74 bits per heavy atom. The molecule has 0 spiro atoms. The molecule has 0 unspecified atom stereocenters. The van der Waals surface area contributed by atoms with Gasteiger partial charge in [-0.2, -0.15) is 13.2 Å². The Hall–Kier alpha value is -2.73. The minimum absolute atomic E-state index is 0.0312. The number of rotatable bonds is 7. The van der Waals surface area contributed by atoms with Crippen LogP contribution < -0.4 is 20.7 Å². The monoisotopic (exact) mass is 584 g/mol. The second-order valence-corrected chi connectivity index (χ2v) is 14.2. The average Bonchev–Trinajstić information content (AvgIpc) is 3.19. The molecule has 1 saturated heterocycles. The first-order valence-electron chi connectivity index (χ1n) is 13.8. The predicted molar refractivity (Wildman–Crippen MR) is 153 cm³/mol. The van der Waals surface area contributed by atoms with E-state index in [1.165, 1.54) is 12.1 Å². The van der Waals surface area contributed by atoms with E-state index in [2.05, 4.69) is 22.5 Å². The smallest absolute Gasteiger partial charge is 0.393 e. The van der Waals surface area contributed by atoms with Crippen LogP contribution in [0.3, 0.4) is 0 Å². The van der Waals surface area contributed by atoms with Crippen LogP contribution in [0.5, 0.6) is 5.75 Å². The molecule has 2 atom stereocenters. The lowest BCUT2D eigenvalue weighted by atomic mass is 10.0. The van der Waals surface area contributed by atoms with Crippen LogP contribution in [0, 0.1) is 11.8 Å². The van der Waals surface area contributed by atoms with Crippen molar-refractivity contribution in [3.63, 3.8) is 0 Å². The molecule has 2 heterocycles. The van der Waals surface area contributed by atoms with Gasteiger partial charge in [0, 0.05) is 18.4 Å². The SMILES string of the molecule is [2H]C([2H])([2H])Oc1cc(P(C)(C)=O)ccc1NCC#Cc1sc2c(N[C@@H]3CCN(C)C[C@@H]3F)cccc2c1CC(F)(F)F. The molecule has 210 valence electrons. The number of fused-ring (bicyclic) bond motifs is 1. The number of ether oxygens (including phenoxy) is 1. The first-order valence-corrected chi connectivity index (χ1v) is 15.7. The van der Waals surface area contributed by atoms with Crippen molar-refractivity contribution in [2.45, 2.75) is 31.2 Å². The van der Waals surface area contributed by atoms with Gasteiger partial charge in [-0.3, -0.25) is 0 Å². The number of thiophene rings is 1. The summed E-state index contributed by atoms with van der Waals surface area (Å²) in [6.07, 6.45) is -6.19. The quantitative estimate of drug-likeness (QED) is 0.197. The zero-order valence-corrected chi connectivity index (χ0v) is 23.5. The van der Waals surface area contributed by atoms with E-state index in [4.69, 9.17) is 8.85 Å². The minimum atomic E-state index is -4.47. The number of benzene rings is 2. The molecule has 1 aliphatic heterocycles. The standard InChI is InChI=1S/C28H32F4N3O2PS/c1-35-14-12-22(21(29)17-35)34-24-8-5-7-19-20(16-28(30,31)32)26(39-27(19)24)9-6-13-33-23-11-10-18(38(3,4)36)15-25(23)37-2/h5,7-8,10-11,15,21-22,33-34H,12-14,16-17H2,1-4H3/t21-,22+/m0/s1/i2D3. The van der Waals surface area contributed by atoms with E-state index in [0.717, 1.165) is 11.3 Å². The topological polar surface area (TPSA) is 53.6 Å². The number of nitrogens with one attached hydrogen (secondary N) is 2. The van der Waals surface area contributed by atoms with Gasteiger partial charge in [0.25, 0.3) is 0 Å². The van der Waals surface area contributed by atoms with Crippen molar-refractivity contribution in [1.29, 1.82) is 0 Å². The zero-order valence-electron chi connectivity index (χ0n) is 24.8. The molecule has 3 aromatic rings. The molecule has 0 aliphatic carbocycles. The summed E-state index contributed by atoms with van der Waals surface area (Å²) in [5.41, 5.74) is 0.908. The van der Waals surface area contributed by atoms with Gasteiger partial charge < -0.3 is 24.8 Å². The summed E-state index contributed by atoms with van der Waals surface area (Å²) in [4.78, 5) is 2.14. The third kappa shape index (κ3) is 7.27. The fourth-order valence-corrected chi connectivity index (χ4v) is 6.55. The number of likely N-dealkylation sites (tertiary alicyclic amines) is 1. The summed E-state index contributed by atoms with van der Waals surface area (Å²) < 4.78 is 96.0. The van der Waals surface area contributed by atoms with E-state index in [1.54, 1.807) is 37.6 Å². The highest BCUT2D eigenvalue weighted by Crippen LogP contribution is 2.40. The summed E-state index contributed by atoms with van der Waals surface area (Å²) in [6, 6.07) is 9.08. The summed E-state index contributed by atoms with van der Waals surface area (Å²) >= 11 is 1.12. The van der Waals surface area contributed by atoms with Gasteiger partial charge in [0.2, 0.25) is 0 Å². The van der Waals surface area contributed by atoms with E-state index in [-0.39, 0.29) is 35.0 Å². The van der Waals surface area contributed by atoms with E-state index in [9.17, 15) is 22.1 Å². The minimum Gasteiger partial charge on any atom is -0.495 e. The fourth-order valence-electron chi connectivity index (χ4n) is 4.52. The second kappa shape index (κ2) is 11.8. The van der Waals surface area contributed by atoms with Crippen molar-refractivity contribution in [2.75, 3.05) is 57.7 Å². The van der Waals surface area contributed by atoms with Gasteiger partial charge in [0.1, 0.15) is 19.1 Å². The van der Waals surface area contributed by atoms with Crippen molar-refractivity contribution < 1.29 is 31.0 Å². The van der Waals surface area contributed by atoms with E-state index in [0.29, 0.717) is 34.0 Å². The van der Waals surface area contributed by atoms with Gasteiger partial charge in [-0.25, -0.2) is 4.39 Å². The van der Waals surface area contributed by atoms with Gasteiger partial charge in [0.15, 0.2) is 0 Å². The number of anilines is 2. The van der Waals surface area contributed by atoms with Crippen LogP contribution in [-0.4, -0.2) is 70.3 Å². The first-order chi connectivity index (χ1) is 19.5. The van der Waals surface area contributed by atoms with Gasteiger partial charge >= 0.3 is 6.18 Å². The lowest BCUT2D eigenvalue weighted by molar-refractivity contribution is -0.126. The number of piperidine rings is 1. The normalized spacial score (nSPS) is 19.9. The molecule has 39 heavy (non-hydrogen) atoms. The highest BCUT2D eigenvalue weighted by atomic mass is 32.1. The van der Waals surface area contributed by atoms with Crippen LogP contribution in [0.15, 0.2) is 36.4 Å². The van der Waals surface area contributed by atoms with Crippen LogP contribution in [0.1, 0.15) is 21.0 Å². The molecular weight excluding hydrogens is 549 g/mol. The molecular formula is C28H32F4N3O2PS. The number of hydrogen-bond acceptors (Lipinski definition) is 6. The van der Waals surface area contributed by atoms with E-state index < -0.39 is 39.0 Å². The number of nitrogens with zero attached hydrogens (tertiary/aromatic N) is 1. The molecule has 0 amide bonds. The fraction of sp³-hybridized carbons (Fsp3) is 0.429. The third-order valence-corrected chi connectivity index (χ3v) is 9.27. The van der Waals surface area contributed by atoms with E-state index in [1.807, 2.05) is 11.9 Å². The highest BCUT2D eigenvalue weighted by molar-refractivity contribution is 7.70. The third-order valence-electron chi connectivity index (χ3n) is 6.55. The number of methoxy groups -OCH3 is 1. The maximum atomic E-state index is 14.7. The predicted octanol–water partition coefficient (Wildman–Crippen LogP) is 6.18. The number of alkyl halides is 4. The van der Waals surface area contributed by atoms with Crippen molar-refractivity contribution >= 4 is 45.2 Å². The summed E-state index contributed by atoms with van der Waals surface area (Å²) in [5, 5.41) is 7.01. The van der Waals surface area contributed by atoms with Gasteiger partial charge in [0.05, 0.1) is 51.1 Å². The number of halogens is 4. The van der Waals surface area contributed by atoms with Gasteiger partial charge in [-0.1, -0.05) is 24.0 Å². The van der Waals surface area contributed by atoms with Crippen LogP contribution in [0.2, 0.25) is 0 Å². The summed E-state index contributed by atoms with van der Waals surface area (Å²) in [6.45, 7) is 4.05. The van der Waals surface area contributed by atoms with Crippen molar-refractivity contribution in [1.82, 2.24) is 4.90 Å². The largest absolute Gasteiger partial charge is 0.495 e. The Bertz CT molecular complexity index is 1550. The van der Waals surface area contributed by atoms with Crippen LogP contribution in [0.25, 0.3) is 10.1 Å². The maximum Gasteiger partial charge on any atom is 0.393 e. The van der Waals surface area contributed by atoms with Gasteiger partial charge in [-0.15, -0.1) is 11.3 Å². The van der Waals surface area contributed by atoms with Crippen LogP contribution in [0.4, 0.5) is 28.9 Å². The second-order valence-electron chi connectivity index (χ2n) is 9.99. The Morgan fingerprint density at radius 2 is 2.05 bits per heavy atom. The molecule has 0 saturated carbocycles. The first kappa shape index (κ1) is 25.3. The van der Waals surface area contributed by atoms with Crippen molar-refractivity contribution in [2.24, 2.45) is 0 Å². The molecule has 11 heteroatoms. The van der Waals surface area contributed by atoms with E-state index >= 15 is 0 Å².